The fraction of sp³-hybridized carbons (Fsp3) is 0.182. The summed E-state index contributed by atoms with van der Waals surface area (Å²) >= 11 is 4.80. The van der Waals surface area contributed by atoms with Crippen molar-refractivity contribution in [1.82, 2.24) is 14.9 Å². The predicted octanol–water partition coefficient (Wildman–Crippen LogP) is 4.70. The number of thiazole rings is 1. The molecule has 0 fully saturated rings. The number of halogens is 1. The van der Waals surface area contributed by atoms with Crippen molar-refractivity contribution in [2.24, 2.45) is 0 Å². The van der Waals surface area contributed by atoms with E-state index >= 15 is 0 Å². The molecule has 2 aromatic heterocycles. The van der Waals surface area contributed by atoms with Crippen LogP contribution in [-0.2, 0) is 11.3 Å². The highest BCUT2D eigenvalue weighted by Crippen LogP contribution is 2.43. The Labute approximate surface area is 186 Å². The van der Waals surface area contributed by atoms with E-state index in [9.17, 15) is 14.7 Å². The summed E-state index contributed by atoms with van der Waals surface area (Å²) in [6, 6.07) is 10.3. The number of aryl methyl sites for hydroxylation is 2. The Bertz CT molecular complexity index is 1170. The number of aliphatic hydroxyl groups excluding tert-OH is 1. The molecule has 0 saturated heterocycles. The van der Waals surface area contributed by atoms with Crippen molar-refractivity contribution >= 4 is 39.0 Å². The van der Waals surface area contributed by atoms with Crippen LogP contribution in [0.1, 0.15) is 37.5 Å². The van der Waals surface area contributed by atoms with Crippen LogP contribution in [-0.4, -0.2) is 31.7 Å². The molecule has 8 heteroatoms. The Morgan fingerprint density at radius 2 is 2.00 bits per heavy atom. The van der Waals surface area contributed by atoms with Gasteiger partial charge in [-0.3, -0.25) is 14.6 Å². The topological polar surface area (TPSA) is 83.4 Å². The Balaban J connectivity index is 1.84. The molecule has 1 unspecified atom stereocenters. The molecule has 0 radical (unpaired) electrons. The van der Waals surface area contributed by atoms with Gasteiger partial charge < -0.3 is 10.0 Å². The third-order valence-corrected chi connectivity index (χ3v) is 6.73. The second-order valence-electron chi connectivity index (χ2n) is 6.96. The normalized spacial score (nSPS) is 16.4. The summed E-state index contributed by atoms with van der Waals surface area (Å²) in [5.74, 6) is -1.48. The molecule has 0 saturated carbocycles. The van der Waals surface area contributed by atoms with E-state index in [4.69, 9.17) is 0 Å². The first kappa shape index (κ1) is 20.4. The lowest BCUT2D eigenvalue weighted by Crippen LogP contribution is -2.31. The third kappa shape index (κ3) is 3.57. The molecule has 1 aliphatic rings. The Hall–Kier alpha value is -2.84. The summed E-state index contributed by atoms with van der Waals surface area (Å²) in [6.07, 6.45) is 3.32. The summed E-state index contributed by atoms with van der Waals surface area (Å²) < 4.78 is 0.746. The van der Waals surface area contributed by atoms with Gasteiger partial charge in [0.2, 0.25) is 5.78 Å². The number of benzene rings is 1. The number of rotatable bonds is 5. The molecule has 30 heavy (non-hydrogen) atoms. The zero-order valence-electron chi connectivity index (χ0n) is 16.3. The second-order valence-corrected chi connectivity index (χ2v) is 9.01. The van der Waals surface area contributed by atoms with Crippen LogP contribution in [0.15, 0.2) is 64.6 Å². The summed E-state index contributed by atoms with van der Waals surface area (Å²) in [5, 5.41) is 11.5. The number of hydrogen-bond donors (Lipinski definition) is 1. The Morgan fingerprint density at radius 1 is 1.23 bits per heavy atom. The van der Waals surface area contributed by atoms with E-state index in [-0.39, 0.29) is 17.9 Å². The molecular weight excluding hydrogens is 466 g/mol. The first-order chi connectivity index (χ1) is 14.4. The highest BCUT2D eigenvalue weighted by molar-refractivity contribution is 9.10. The first-order valence-corrected chi connectivity index (χ1v) is 10.9. The molecule has 1 atom stereocenters. The number of pyridine rings is 1. The van der Waals surface area contributed by atoms with Gasteiger partial charge in [-0.05, 0) is 37.1 Å². The SMILES string of the molecule is Cc1nc(C)c(C(=O)C2=C(O)C(=O)N(Cc3cccnc3)C2c2ccccc2Br)s1. The zero-order valence-corrected chi connectivity index (χ0v) is 18.7. The summed E-state index contributed by atoms with van der Waals surface area (Å²) in [4.78, 5) is 36.9. The van der Waals surface area contributed by atoms with Crippen LogP contribution in [0.4, 0.5) is 0 Å². The number of carbonyl (C=O) groups excluding carboxylic acids is 2. The van der Waals surface area contributed by atoms with Crippen LogP contribution in [0.25, 0.3) is 0 Å². The Morgan fingerprint density at radius 3 is 2.63 bits per heavy atom. The van der Waals surface area contributed by atoms with Crippen LogP contribution in [0.5, 0.6) is 0 Å². The van der Waals surface area contributed by atoms with Gasteiger partial charge in [0.05, 0.1) is 27.2 Å². The maximum absolute atomic E-state index is 13.5. The van der Waals surface area contributed by atoms with Gasteiger partial charge in [-0.15, -0.1) is 11.3 Å². The van der Waals surface area contributed by atoms with Crippen LogP contribution in [0.3, 0.4) is 0 Å². The number of aliphatic hydroxyl groups is 1. The second kappa shape index (κ2) is 8.12. The standard InChI is InChI=1S/C22H18BrN3O3S/c1-12-21(30-13(2)25-12)19(27)17-18(15-7-3-4-8-16(15)23)26(22(29)20(17)28)11-14-6-5-9-24-10-14/h3-10,18,28H,11H2,1-2H3. The largest absolute Gasteiger partial charge is 0.503 e. The molecule has 1 aromatic carbocycles. The third-order valence-electron chi connectivity index (χ3n) is 4.93. The quantitative estimate of drug-likeness (QED) is 0.531. The minimum Gasteiger partial charge on any atom is -0.503 e. The molecule has 4 rings (SSSR count). The van der Waals surface area contributed by atoms with Crippen LogP contribution < -0.4 is 0 Å². The van der Waals surface area contributed by atoms with Gasteiger partial charge in [0, 0.05) is 23.4 Å². The number of nitrogens with zero attached hydrogens (tertiary/aromatic N) is 3. The van der Waals surface area contributed by atoms with Gasteiger partial charge in [0.1, 0.15) is 0 Å². The van der Waals surface area contributed by atoms with E-state index in [1.807, 2.05) is 37.3 Å². The van der Waals surface area contributed by atoms with Crippen LogP contribution in [0, 0.1) is 13.8 Å². The van der Waals surface area contributed by atoms with Crippen molar-refractivity contribution < 1.29 is 14.7 Å². The fourth-order valence-electron chi connectivity index (χ4n) is 3.62. The molecule has 3 heterocycles. The fourth-order valence-corrected chi connectivity index (χ4v) is 5.00. The minimum atomic E-state index is -0.734. The molecule has 6 nitrogen and oxygen atoms in total. The van der Waals surface area contributed by atoms with E-state index in [0.29, 0.717) is 10.6 Å². The maximum Gasteiger partial charge on any atom is 0.290 e. The molecule has 3 aromatic rings. The summed E-state index contributed by atoms with van der Waals surface area (Å²) in [5.41, 5.74) is 2.18. The van der Waals surface area contributed by atoms with Crippen molar-refractivity contribution in [3.8, 4) is 0 Å². The van der Waals surface area contributed by atoms with Crippen LogP contribution >= 0.6 is 27.3 Å². The summed E-state index contributed by atoms with van der Waals surface area (Å²) in [6.45, 7) is 3.79. The zero-order chi connectivity index (χ0) is 21.4. The molecule has 1 N–H and O–H groups in total. The van der Waals surface area contributed by atoms with Gasteiger partial charge in [-0.1, -0.05) is 40.2 Å². The maximum atomic E-state index is 13.5. The van der Waals surface area contributed by atoms with Crippen molar-refractivity contribution in [2.45, 2.75) is 26.4 Å². The molecule has 1 aliphatic heterocycles. The lowest BCUT2D eigenvalue weighted by Gasteiger charge is -2.27. The van der Waals surface area contributed by atoms with E-state index < -0.39 is 17.7 Å². The van der Waals surface area contributed by atoms with Crippen molar-refractivity contribution in [3.63, 3.8) is 0 Å². The molecule has 0 spiro atoms. The highest BCUT2D eigenvalue weighted by Gasteiger charge is 2.45. The highest BCUT2D eigenvalue weighted by atomic mass is 79.9. The van der Waals surface area contributed by atoms with Crippen molar-refractivity contribution in [2.75, 3.05) is 0 Å². The van der Waals surface area contributed by atoms with E-state index in [1.54, 1.807) is 25.4 Å². The van der Waals surface area contributed by atoms with Gasteiger partial charge in [0.25, 0.3) is 5.91 Å². The molecular formula is C22H18BrN3O3S. The Kier molecular flexibility index (Phi) is 5.53. The molecule has 152 valence electrons. The van der Waals surface area contributed by atoms with E-state index in [0.717, 1.165) is 20.6 Å². The summed E-state index contributed by atoms with van der Waals surface area (Å²) in [7, 11) is 0. The first-order valence-electron chi connectivity index (χ1n) is 9.24. The average molecular weight is 484 g/mol. The number of hydrogen-bond acceptors (Lipinski definition) is 6. The smallest absolute Gasteiger partial charge is 0.290 e. The van der Waals surface area contributed by atoms with Crippen molar-refractivity contribution in [1.29, 1.82) is 0 Å². The minimum absolute atomic E-state index is 0.0718. The lowest BCUT2D eigenvalue weighted by molar-refractivity contribution is -0.130. The van der Waals surface area contributed by atoms with E-state index in [1.165, 1.54) is 16.2 Å². The van der Waals surface area contributed by atoms with E-state index in [2.05, 4.69) is 25.9 Å². The van der Waals surface area contributed by atoms with Crippen molar-refractivity contribution in [3.05, 3.63) is 91.3 Å². The van der Waals surface area contributed by atoms with Gasteiger partial charge in [0.15, 0.2) is 5.76 Å². The molecule has 1 amide bonds. The van der Waals surface area contributed by atoms with Gasteiger partial charge in [-0.25, -0.2) is 4.98 Å². The number of carbonyl (C=O) groups is 2. The number of ketones is 1. The number of amides is 1. The van der Waals surface area contributed by atoms with Crippen LogP contribution in [0.2, 0.25) is 0 Å². The number of aromatic nitrogens is 2. The molecule has 0 aliphatic carbocycles. The van der Waals surface area contributed by atoms with Gasteiger partial charge in [-0.2, -0.15) is 0 Å². The lowest BCUT2D eigenvalue weighted by atomic mass is 9.95. The predicted molar refractivity (Wildman–Crippen MR) is 117 cm³/mol. The number of Topliss-reactive ketones (excluding diaryl/α,β-unsaturated/α-hetero) is 1. The van der Waals surface area contributed by atoms with Gasteiger partial charge >= 0.3 is 0 Å². The molecule has 0 bridgehead atoms. The monoisotopic (exact) mass is 483 g/mol. The average Bonchev–Trinajstić information content (AvgIpc) is 3.19.